The molecule has 2 aromatic carbocycles. The number of benzene rings is 2. The highest BCUT2D eigenvalue weighted by Crippen LogP contribution is 2.27. The summed E-state index contributed by atoms with van der Waals surface area (Å²) >= 11 is 7.66. The van der Waals surface area contributed by atoms with Crippen LogP contribution in [0.4, 0.5) is 5.69 Å². The summed E-state index contributed by atoms with van der Waals surface area (Å²) in [7, 11) is 0. The van der Waals surface area contributed by atoms with Crippen LogP contribution in [0, 0.1) is 13.8 Å². The minimum atomic E-state index is 0.0615. The molecule has 25 heavy (non-hydrogen) atoms. The van der Waals surface area contributed by atoms with E-state index in [1.165, 1.54) is 5.56 Å². The Morgan fingerprint density at radius 3 is 2.64 bits per heavy atom. The molecule has 0 aliphatic carbocycles. The minimum Gasteiger partial charge on any atom is -0.313 e. The lowest BCUT2D eigenvalue weighted by Gasteiger charge is -2.28. The molecule has 0 saturated heterocycles. The van der Waals surface area contributed by atoms with Crippen LogP contribution in [0.15, 0.2) is 47.5 Å². The third-order valence-corrected chi connectivity index (χ3v) is 5.49. The Morgan fingerprint density at radius 2 is 1.96 bits per heavy atom. The van der Waals surface area contributed by atoms with E-state index >= 15 is 0 Å². The van der Waals surface area contributed by atoms with Gasteiger partial charge in [-0.3, -0.25) is 9.79 Å². The number of hydrogen-bond acceptors (Lipinski definition) is 4. The molecule has 0 saturated carbocycles. The average molecular weight is 373 g/mol. The van der Waals surface area contributed by atoms with Crippen molar-refractivity contribution in [3.05, 3.63) is 64.2 Å². The summed E-state index contributed by atoms with van der Waals surface area (Å²) in [6.45, 7) is 5.23. The minimum absolute atomic E-state index is 0.0615. The number of hydrogen-bond donors (Lipinski definition) is 0. The number of nitrogens with zero attached hydrogens (tertiary/aromatic N) is 2. The average Bonchev–Trinajstić information content (AvgIpc) is 2.63. The van der Waals surface area contributed by atoms with Gasteiger partial charge in [-0.2, -0.15) is 0 Å². The molecule has 130 valence electrons. The van der Waals surface area contributed by atoms with E-state index in [4.69, 9.17) is 11.6 Å². The summed E-state index contributed by atoms with van der Waals surface area (Å²) in [5.74, 6) is 1.10. The van der Waals surface area contributed by atoms with Gasteiger partial charge in [0.2, 0.25) is 0 Å². The standard InChI is InChI=1S/C20H21ClN2OS/c1-14-4-5-15(2)18(12-14)23(20-22-10-3-11-25-20)13-19(24)16-6-8-17(21)9-7-16/h4-9,12H,3,10-11,13H2,1-2H3. The van der Waals surface area contributed by atoms with Gasteiger partial charge in [-0.15, -0.1) is 0 Å². The van der Waals surface area contributed by atoms with Gasteiger partial charge in [0, 0.05) is 28.6 Å². The predicted octanol–water partition coefficient (Wildman–Crippen LogP) is 5.14. The maximum atomic E-state index is 12.8. The highest BCUT2D eigenvalue weighted by Gasteiger charge is 2.22. The summed E-state index contributed by atoms with van der Waals surface area (Å²) in [6, 6.07) is 13.4. The first kappa shape index (κ1) is 18.0. The van der Waals surface area contributed by atoms with Gasteiger partial charge in [-0.05, 0) is 61.7 Å². The molecule has 1 heterocycles. The van der Waals surface area contributed by atoms with Crippen LogP contribution in [0.5, 0.6) is 0 Å². The predicted molar refractivity (Wildman–Crippen MR) is 108 cm³/mol. The Kier molecular flexibility index (Phi) is 5.82. The normalized spacial score (nSPS) is 14.1. The van der Waals surface area contributed by atoms with Crippen molar-refractivity contribution >= 4 is 40.0 Å². The number of carbonyl (C=O) groups is 1. The van der Waals surface area contributed by atoms with Crippen LogP contribution >= 0.6 is 23.4 Å². The Labute approximate surface area is 158 Å². The molecular formula is C20H21ClN2OS. The van der Waals surface area contributed by atoms with Gasteiger partial charge in [0.1, 0.15) is 0 Å². The van der Waals surface area contributed by atoms with Gasteiger partial charge in [0.25, 0.3) is 0 Å². The lowest BCUT2D eigenvalue weighted by molar-refractivity contribution is 0.100. The smallest absolute Gasteiger partial charge is 0.182 e. The number of aryl methyl sites for hydroxylation is 2. The van der Waals surface area contributed by atoms with Crippen molar-refractivity contribution in [2.75, 3.05) is 23.7 Å². The van der Waals surface area contributed by atoms with E-state index < -0.39 is 0 Å². The molecule has 0 spiro atoms. The summed E-state index contributed by atoms with van der Waals surface area (Å²) < 4.78 is 0. The zero-order chi connectivity index (χ0) is 17.8. The fraction of sp³-hybridized carbons (Fsp3) is 0.300. The first-order chi connectivity index (χ1) is 12.0. The summed E-state index contributed by atoms with van der Waals surface area (Å²) in [6.07, 6.45) is 1.08. The van der Waals surface area contributed by atoms with Crippen LogP contribution in [0.1, 0.15) is 27.9 Å². The number of aliphatic imine (C=N–C) groups is 1. The lowest BCUT2D eigenvalue weighted by atomic mass is 10.1. The van der Waals surface area contributed by atoms with Crippen LogP contribution in [0.3, 0.4) is 0 Å². The van der Waals surface area contributed by atoms with Crippen LogP contribution in [0.25, 0.3) is 0 Å². The van der Waals surface area contributed by atoms with Crippen molar-refractivity contribution in [2.24, 2.45) is 4.99 Å². The van der Waals surface area contributed by atoms with E-state index in [2.05, 4.69) is 41.9 Å². The molecule has 3 nitrogen and oxygen atoms in total. The zero-order valence-electron chi connectivity index (χ0n) is 14.5. The van der Waals surface area contributed by atoms with Crippen LogP contribution in [-0.2, 0) is 0 Å². The Bertz CT molecular complexity index is 802. The van der Waals surface area contributed by atoms with Crippen molar-refractivity contribution < 1.29 is 4.79 Å². The van der Waals surface area contributed by atoms with Crippen molar-refractivity contribution in [3.8, 4) is 0 Å². The van der Waals surface area contributed by atoms with E-state index in [1.807, 2.05) is 0 Å². The number of Topliss-reactive ketones (excluding diaryl/α,β-unsaturated/α-hetero) is 1. The zero-order valence-corrected chi connectivity index (χ0v) is 16.0. The molecule has 0 bridgehead atoms. The SMILES string of the molecule is Cc1ccc(C)c(N(CC(=O)c2ccc(Cl)cc2)C2=NCCCS2)c1. The maximum Gasteiger partial charge on any atom is 0.182 e. The molecule has 1 aliphatic rings. The fourth-order valence-electron chi connectivity index (χ4n) is 2.75. The van der Waals surface area contributed by atoms with Gasteiger partial charge in [0.05, 0.1) is 6.54 Å². The summed E-state index contributed by atoms with van der Waals surface area (Å²) in [5, 5.41) is 1.57. The number of amidine groups is 1. The molecule has 0 unspecified atom stereocenters. The van der Waals surface area contributed by atoms with E-state index in [1.54, 1.807) is 36.0 Å². The van der Waals surface area contributed by atoms with Gasteiger partial charge in [-0.1, -0.05) is 35.5 Å². The number of ketones is 1. The monoisotopic (exact) mass is 372 g/mol. The highest BCUT2D eigenvalue weighted by molar-refractivity contribution is 8.14. The first-order valence-corrected chi connectivity index (χ1v) is 9.72. The van der Waals surface area contributed by atoms with E-state index in [0.717, 1.165) is 35.1 Å². The second kappa shape index (κ2) is 8.07. The van der Waals surface area contributed by atoms with E-state index in [9.17, 15) is 4.79 Å². The molecule has 5 heteroatoms. The third kappa shape index (κ3) is 4.44. The largest absolute Gasteiger partial charge is 0.313 e. The molecule has 0 aromatic heterocycles. The van der Waals surface area contributed by atoms with Crippen LogP contribution in [0.2, 0.25) is 5.02 Å². The van der Waals surface area contributed by atoms with Crippen molar-refractivity contribution in [3.63, 3.8) is 0 Å². The van der Waals surface area contributed by atoms with Crippen molar-refractivity contribution in [1.82, 2.24) is 0 Å². The first-order valence-electron chi connectivity index (χ1n) is 8.35. The topological polar surface area (TPSA) is 32.7 Å². The van der Waals surface area contributed by atoms with Gasteiger partial charge in [-0.25, -0.2) is 0 Å². The Morgan fingerprint density at radius 1 is 1.20 bits per heavy atom. The second-order valence-electron chi connectivity index (χ2n) is 6.17. The summed E-state index contributed by atoms with van der Waals surface area (Å²) in [5.41, 5.74) is 4.03. The van der Waals surface area contributed by atoms with Gasteiger partial charge < -0.3 is 4.90 Å². The van der Waals surface area contributed by atoms with Crippen LogP contribution in [-0.4, -0.2) is 29.8 Å². The number of thioether (sulfide) groups is 1. The number of anilines is 1. The van der Waals surface area contributed by atoms with Crippen molar-refractivity contribution in [1.29, 1.82) is 0 Å². The molecule has 0 N–H and O–H groups in total. The highest BCUT2D eigenvalue weighted by atomic mass is 35.5. The molecule has 2 aromatic rings. The summed E-state index contributed by atoms with van der Waals surface area (Å²) in [4.78, 5) is 19.6. The molecule has 0 atom stereocenters. The molecule has 0 amide bonds. The van der Waals surface area contributed by atoms with E-state index in [0.29, 0.717) is 10.6 Å². The molecule has 1 aliphatic heterocycles. The fourth-order valence-corrected chi connectivity index (χ4v) is 3.83. The number of rotatable bonds is 4. The molecule has 0 fully saturated rings. The van der Waals surface area contributed by atoms with E-state index in [-0.39, 0.29) is 12.3 Å². The third-order valence-electron chi connectivity index (χ3n) is 4.13. The molecular weight excluding hydrogens is 352 g/mol. The van der Waals surface area contributed by atoms with Gasteiger partial charge in [0.15, 0.2) is 11.0 Å². The van der Waals surface area contributed by atoms with Crippen LogP contribution < -0.4 is 4.90 Å². The molecule has 0 radical (unpaired) electrons. The van der Waals surface area contributed by atoms with Crippen molar-refractivity contribution in [2.45, 2.75) is 20.3 Å². The maximum absolute atomic E-state index is 12.8. The van der Waals surface area contributed by atoms with Gasteiger partial charge >= 0.3 is 0 Å². The second-order valence-corrected chi connectivity index (χ2v) is 7.67. The molecule has 3 rings (SSSR count). The Balaban J connectivity index is 1.93. The lowest BCUT2D eigenvalue weighted by Crippen LogP contribution is -2.36. The Hall–Kier alpha value is -1.78. The number of halogens is 1. The quantitative estimate of drug-likeness (QED) is 0.696. The number of carbonyl (C=O) groups excluding carboxylic acids is 1.